The Morgan fingerprint density at radius 1 is 1.62 bits per heavy atom. The zero-order chi connectivity index (χ0) is 11.8. The Balaban J connectivity index is 2.06. The van der Waals surface area contributed by atoms with Crippen LogP contribution in [0.25, 0.3) is 0 Å². The summed E-state index contributed by atoms with van der Waals surface area (Å²) in [5.41, 5.74) is -0.693. The van der Waals surface area contributed by atoms with Crippen LogP contribution < -0.4 is 0 Å². The first-order chi connectivity index (χ1) is 7.54. The Labute approximate surface area is 92.7 Å². The molecule has 1 saturated heterocycles. The molecule has 2 rings (SSSR count). The fourth-order valence-corrected chi connectivity index (χ4v) is 1.72. The van der Waals surface area contributed by atoms with E-state index in [4.69, 9.17) is 0 Å². The average Bonchev–Trinajstić information content (AvgIpc) is 2.24. The first kappa shape index (κ1) is 11.0. The summed E-state index contributed by atoms with van der Waals surface area (Å²) in [4.78, 5) is 16.7. The zero-order valence-corrected chi connectivity index (χ0v) is 8.98. The summed E-state index contributed by atoms with van der Waals surface area (Å²) in [6, 6.07) is 4.10. The minimum atomic E-state index is -0.775. The number of β-amino-alcohol motifs (C(OH)–C–C–N with tert-alkyl or cyclic N) is 1. The average molecular weight is 224 g/mol. The highest BCUT2D eigenvalue weighted by Gasteiger charge is 2.42. The lowest BCUT2D eigenvalue weighted by Crippen LogP contribution is -2.63. The van der Waals surface area contributed by atoms with Crippen LogP contribution in [0.4, 0.5) is 4.39 Å². The number of nitrogens with zero attached hydrogens (tertiary/aromatic N) is 2. The van der Waals surface area contributed by atoms with Gasteiger partial charge in [-0.1, -0.05) is 13.0 Å². The molecule has 0 aliphatic carbocycles. The van der Waals surface area contributed by atoms with Gasteiger partial charge < -0.3 is 10.0 Å². The molecule has 0 atom stereocenters. The largest absolute Gasteiger partial charge is 0.386 e. The van der Waals surface area contributed by atoms with Gasteiger partial charge in [0.15, 0.2) is 0 Å². The molecule has 16 heavy (non-hydrogen) atoms. The van der Waals surface area contributed by atoms with Crippen LogP contribution in [-0.4, -0.2) is 39.6 Å². The standard InChI is InChI=1S/C11H13FN2O2/c1-2-11(16)6-14(7-11)10(15)8-4-3-5-9(12)13-8/h3-5,16H,2,6-7H2,1H3. The molecule has 4 nitrogen and oxygen atoms in total. The number of likely N-dealkylation sites (tertiary alicyclic amines) is 1. The molecule has 0 radical (unpaired) electrons. The van der Waals surface area contributed by atoms with Crippen LogP contribution >= 0.6 is 0 Å². The van der Waals surface area contributed by atoms with Crippen LogP contribution in [-0.2, 0) is 0 Å². The molecule has 86 valence electrons. The SMILES string of the molecule is CCC1(O)CN(C(=O)c2cccc(F)n2)C1. The quantitative estimate of drug-likeness (QED) is 0.756. The molecule has 0 unspecified atom stereocenters. The Bertz CT molecular complexity index is 416. The molecule has 1 aliphatic rings. The monoisotopic (exact) mass is 224 g/mol. The number of hydrogen-bond donors (Lipinski definition) is 1. The van der Waals surface area contributed by atoms with Crippen molar-refractivity contribution >= 4 is 5.91 Å². The van der Waals surface area contributed by atoms with Crippen LogP contribution in [0.15, 0.2) is 18.2 Å². The van der Waals surface area contributed by atoms with Crippen molar-refractivity contribution < 1.29 is 14.3 Å². The molecule has 1 aromatic rings. The first-order valence-electron chi connectivity index (χ1n) is 5.18. The van der Waals surface area contributed by atoms with Gasteiger partial charge in [-0.05, 0) is 18.6 Å². The van der Waals surface area contributed by atoms with E-state index >= 15 is 0 Å². The number of aromatic nitrogens is 1. The number of aliphatic hydroxyl groups is 1. The van der Waals surface area contributed by atoms with Gasteiger partial charge in [-0.2, -0.15) is 4.39 Å². The van der Waals surface area contributed by atoms with Gasteiger partial charge in [0.25, 0.3) is 5.91 Å². The number of hydrogen-bond acceptors (Lipinski definition) is 3. The van der Waals surface area contributed by atoms with E-state index in [0.717, 1.165) is 0 Å². The maximum absolute atomic E-state index is 12.8. The lowest BCUT2D eigenvalue weighted by atomic mass is 9.91. The fourth-order valence-electron chi connectivity index (χ4n) is 1.72. The smallest absolute Gasteiger partial charge is 0.272 e. The number of carbonyl (C=O) groups is 1. The van der Waals surface area contributed by atoms with Crippen molar-refractivity contribution in [1.29, 1.82) is 0 Å². The van der Waals surface area contributed by atoms with Crippen LogP contribution in [0, 0.1) is 5.95 Å². The van der Waals surface area contributed by atoms with Crippen molar-refractivity contribution in [1.82, 2.24) is 9.88 Å². The molecule has 0 spiro atoms. The predicted octanol–water partition coefficient (Wildman–Crippen LogP) is 0.818. The molecule has 0 bridgehead atoms. The molecule has 1 amide bonds. The number of carbonyl (C=O) groups excluding carboxylic acids is 1. The molecule has 0 saturated carbocycles. The minimum Gasteiger partial charge on any atom is -0.386 e. The topological polar surface area (TPSA) is 53.4 Å². The summed E-state index contributed by atoms with van der Waals surface area (Å²) in [5.74, 6) is -1.00. The second kappa shape index (κ2) is 3.83. The Hall–Kier alpha value is -1.49. The van der Waals surface area contributed by atoms with E-state index in [9.17, 15) is 14.3 Å². The van der Waals surface area contributed by atoms with Crippen LogP contribution in [0.5, 0.6) is 0 Å². The van der Waals surface area contributed by atoms with Gasteiger partial charge in [0.1, 0.15) is 5.69 Å². The molecule has 1 aromatic heterocycles. The van der Waals surface area contributed by atoms with Crippen molar-refractivity contribution in [2.75, 3.05) is 13.1 Å². The third kappa shape index (κ3) is 1.90. The first-order valence-corrected chi connectivity index (χ1v) is 5.18. The van der Waals surface area contributed by atoms with E-state index in [1.54, 1.807) is 0 Å². The summed E-state index contributed by atoms with van der Waals surface area (Å²) in [7, 11) is 0. The lowest BCUT2D eigenvalue weighted by Gasteiger charge is -2.45. The third-order valence-electron chi connectivity index (χ3n) is 2.85. The summed E-state index contributed by atoms with van der Waals surface area (Å²) in [5, 5.41) is 9.75. The van der Waals surface area contributed by atoms with Crippen LogP contribution in [0.2, 0.25) is 0 Å². The summed E-state index contributed by atoms with van der Waals surface area (Å²) < 4.78 is 12.8. The molecular formula is C11H13FN2O2. The minimum absolute atomic E-state index is 0.0816. The van der Waals surface area contributed by atoms with Gasteiger partial charge in [0.2, 0.25) is 5.95 Å². The number of amides is 1. The number of halogens is 1. The van der Waals surface area contributed by atoms with E-state index in [1.165, 1.54) is 23.1 Å². The maximum atomic E-state index is 12.8. The fraction of sp³-hybridized carbons (Fsp3) is 0.455. The van der Waals surface area contributed by atoms with Gasteiger partial charge in [-0.3, -0.25) is 4.79 Å². The van der Waals surface area contributed by atoms with Crippen molar-refractivity contribution in [3.05, 3.63) is 29.8 Å². The van der Waals surface area contributed by atoms with Crippen molar-refractivity contribution in [3.8, 4) is 0 Å². The van der Waals surface area contributed by atoms with Crippen molar-refractivity contribution in [2.24, 2.45) is 0 Å². The summed E-state index contributed by atoms with van der Waals surface area (Å²) in [6.45, 7) is 2.45. The van der Waals surface area contributed by atoms with Crippen LogP contribution in [0.3, 0.4) is 0 Å². The molecule has 5 heteroatoms. The van der Waals surface area contributed by atoms with Crippen molar-refractivity contribution in [3.63, 3.8) is 0 Å². The van der Waals surface area contributed by atoms with E-state index in [2.05, 4.69) is 4.98 Å². The second-order valence-electron chi connectivity index (χ2n) is 4.08. The maximum Gasteiger partial charge on any atom is 0.272 e. The van der Waals surface area contributed by atoms with E-state index in [0.29, 0.717) is 19.5 Å². The predicted molar refractivity (Wildman–Crippen MR) is 55.3 cm³/mol. The van der Waals surface area contributed by atoms with E-state index in [-0.39, 0.29) is 11.6 Å². The summed E-state index contributed by atoms with van der Waals surface area (Å²) in [6.07, 6.45) is 0.605. The lowest BCUT2D eigenvalue weighted by molar-refractivity contribution is -0.0828. The highest BCUT2D eigenvalue weighted by molar-refractivity contribution is 5.93. The second-order valence-corrected chi connectivity index (χ2v) is 4.08. The third-order valence-corrected chi connectivity index (χ3v) is 2.85. The van der Waals surface area contributed by atoms with Gasteiger partial charge >= 0.3 is 0 Å². The van der Waals surface area contributed by atoms with E-state index < -0.39 is 11.5 Å². The summed E-state index contributed by atoms with van der Waals surface area (Å²) >= 11 is 0. The van der Waals surface area contributed by atoms with Crippen LogP contribution in [0.1, 0.15) is 23.8 Å². The normalized spacial score (nSPS) is 18.1. The van der Waals surface area contributed by atoms with Gasteiger partial charge in [-0.15, -0.1) is 0 Å². The molecule has 1 fully saturated rings. The van der Waals surface area contributed by atoms with Gasteiger partial charge in [-0.25, -0.2) is 4.98 Å². The number of pyridine rings is 1. The zero-order valence-electron chi connectivity index (χ0n) is 8.98. The molecule has 0 aromatic carbocycles. The molecule has 1 N–H and O–H groups in total. The Kier molecular flexibility index (Phi) is 2.63. The molecular weight excluding hydrogens is 211 g/mol. The number of rotatable bonds is 2. The van der Waals surface area contributed by atoms with E-state index in [1.807, 2.05) is 6.92 Å². The molecule has 1 aliphatic heterocycles. The van der Waals surface area contributed by atoms with Crippen molar-refractivity contribution in [2.45, 2.75) is 18.9 Å². The Morgan fingerprint density at radius 2 is 2.31 bits per heavy atom. The van der Waals surface area contributed by atoms with Gasteiger partial charge in [0.05, 0.1) is 18.7 Å². The van der Waals surface area contributed by atoms with Gasteiger partial charge in [0, 0.05) is 0 Å². The molecule has 2 heterocycles. The Morgan fingerprint density at radius 3 is 2.88 bits per heavy atom. The highest BCUT2D eigenvalue weighted by atomic mass is 19.1. The highest BCUT2D eigenvalue weighted by Crippen LogP contribution is 2.25.